The number of nitrogens with one attached hydrogen (secondary N) is 1. The van der Waals surface area contributed by atoms with E-state index in [1.54, 1.807) is 13.2 Å². The third kappa shape index (κ3) is 5.90. The van der Waals surface area contributed by atoms with Crippen molar-refractivity contribution in [3.63, 3.8) is 0 Å². The summed E-state index contributed by atoms with van der Waals surface area (Å²) in [6.45, 7) is 7.80. The maximum atomic E-state index is 13.6. The maximum absolute atomic E-state index is 13.6. The average molecular weight is 641 g/mol. The molecule has 1 spiro atoms. The number of nitrogens with zero attached hydrogens (tertiary/aromatic N) is 1. The van der Waals surface area contributed by atoms with Gasteiger partial charge >= 0.3 is 0 Å². The summed E-state index contributed by atoms with van der Waals surface area (Å²) in [5.41, 5.74) is 3.48. The van der Waals surface area contributed by atoms with E-state index in [4.69, 9.17) is 21.1 Å². The Morgan fingerprint density at radius 1 is 1.16 bits per heavy atom. The number of hydrogen-bond donors (Lipinski definition) is 1. The van der Waals surface area contributed by atoms with E-state index in [-0.39, 0.29) is 23.4 Å². The predicted octanol–water partition coefficient (Wildman–Crippen LogP) is 6.53. The molecule has 0 aromatic heterocycles. The summed E-state index contributed by atoms with van der Waals surface area (Å²) in [4.78, 5) is 16.0. The molecule has 0 saturated heterocycles. The van der Waals surface area contributed by atoms with Gasteiger partial charge in [0.2, 0.25) is 10.0 Å². The minimum absolute atomic E-state index is 0.0387. The van der Waals surface area contributed by atoms with E-state index in [1.165, 1.54) is 11.1 Å². The van der Waals surface area contributed by atoms with Crippen LogP contribution in [0.3, 0.4) is 0 Å². The molecule has 1 amide bonds. The van der Waals surface area contributed by atoms with Crippen LogP contribution in [-0.2, 0) is 26.6 Å². The lowest BCUT2D eigenvalue weighted by Crippen LogP contribution is -2.49. The average Bonchev–Trinajstić information content (AvgIpc) is 3.10. The van der Waals surface area contributed by atoms with Crippen LogP contribution < -0.4 is 14.4 Å². The summed E-state index contributed by atoms with van der Waals surface area (Å²) in [7, 11) is -2.18. The highest BCUT2D eigenvalue weighted by molar-refractivity contribution is 7.90. The van der Waals surface area contributed by atoms with E-state index >= 15 is 0 Å². The predicted molar refractivity (Wildman–Crippen MR) is 175 cm³/mol. The minimum atomic E-state index is -3.95. The quantitative estimate of drug-likeness (QED) is 0.376. The molecule has 0 radical (unpaired) electrons. The molecule has 0 unspecified atom stereocenters. The number of fused-ring (bicyclic) bond motifs is 4. The highest BCUT2D eigenvalue weighted by Gasteiger charge is 2.44. The van der Waals surface area contributed by atoms with Crippen LogP contribution in [0.2, 0.25) is 5.02 Å². The molecule has 2 aliphatic heterocycles. The van der Waals surface area contributed by atoms with Gasteiger partial charge in [-0.05, 0) is 104 Å². The van der Waals surface area contributed by atoms with Crippen molar-refractivity contribution >= 4 is 33.2 Å². The number of sulfonamides is 1. The summed E-state index contributed by atoms with van der Waals surface area (Å²) < 4.78 is 42.3. The Labute approximate surface area is 267 Å². The third-order valence-electron chi connectivity index (χ3n) is 10.6. The van der Waals surface area contributed by atoms with E-state index in [2.05, 4.69) is 33.9 Å². The van der Waals surface area contributed by atoms with Gasteiger partial charge in [0.25, 0.3) is 5.91 Å². The first-order valence-corrected chi connectivity index (χ1v) is 18.0. The molecule has 9 heteroatoms. The molecule has 44 heavy (non-hydrogen) atoms. The van der Waals surface area contributed by atoms with Gasteiger partial charge in [0, 0.05) is 36.2 Å². The Bertz CT molecular complexity index is 1540. The molecular formula is C35H45ClN2O5S. The Kier molecular flexibility index (Phi) is 8.81. The van der Waals surface area contributed by atoms with E-state index in [0.29, 0.717) is 30.4 Å². The standard InChI is InChI=1S/C35H45ClN2O5S/c1-22(2)33-23(3)7-5-9-31(42-4)28-13-10-26(28)19-38-20-35(16-6-8-24-17-27(36)12-14-29(24)35)21-43-32-15-11-25(18-30(32)38)34(39)37-44(33,40)41/h5,9,11-12,14-15,17-18,22-23,26,28,31,33H,6-8,10,13,16,19-21H2,1-4H3,(H,37,39)/b9-5-/t23-,26-,28+,31-,33+,35-/m0/s1. The second-order valence-electron chi connectivity index (χ2n) is 13.8. The molecule has 2 aliphatic carbocycles. The van der Waals surface area contributed by atoms with Gasteiger partial charge in [0.1, 0.15) is 5.75 Å². The SMILES string of the molecule is CO[C@H]1/C=C\C[C@H](C)[C@@H](C(C)C)S(=O)(=O)NC(=O)c2ccc3c(c2)N(C[C@@H]2CC[C@H]21)C[C@@]1(CCCc2cc(Cl)ccc21)CO3. The van der Waals surface area contributed by atoms with Crippen LogP contribution in [0.1, 0.15) is 74.4 Å². The molecule has 2 aromatic rings. The van der Waals surface area contributed by atoms with Gasteiger partial charge in [0.15, 0.2) is 0 Å². The summed E-state index contributed by atoms with van der Waals surface area (Å²) in [5.74, 6) is 0.530. The van der Waals surface area contributed by atoms with E-state index < -0.39 is 21.2 Å². The first kappa shape index (κ1) is 31.4. The number of rotatable bonds is 2. The number of hydrogen-bond acceptors (Lipinski definition) is 6. The Balaban J connectivity index is 1.44. The van der Waals surface area contributed by atoms with Crippen LogP contribution >= 0.6 is 11.6 Å². The van der Waals surface area contributed by atoms with E-state index in [9.17, 15) is 13.2 Å². The fourth-order valence-electron chi connectivity index (χ4n) is 8.33. The van der Waals surface area contributed by atoms with Crippen molar-refractivity contribution in [3.8, 4) is 5.75 Å². The molecule has 1 N–H and O–H groups in total. The normalized spacial score (nSPS) is 32.5. The summed E-state index contributed by atoms with van der Waals surface area (Å²) in [5, 5.41) is 0.0289. The van der Waals surface area contributed by atoms with Crippen molar-refractivity contribution in [2.24, 2.45) is 23.7 Å². The smallest absolute Gasteiger partial charge is 0.264 e. The van der Waals surface area contributed by atoms with Crippen molar-refractivity contribution in [3.05, 3.63) is 70.3 Å². The van der Waals surface area contributed by atoms with Gasteiger partial charge in [0.05, 0.1) is 23.6 Å². The molecular weight excluding hydrogens is 596 g/mol. The molecule has 6 rings (SSSR count). The monoisotopic (exact) mass is 640 g/mol. The van der Waals surface area contributed by atoms with Crippen LogP contribution in [0.4, 0.5) is 5.69 Å². The maximum Gasteiger partial charge on any atom is 0.264 e. The molecule has 2 aromatic carbocycles. The summed E-state index contributed by atoms with van der Waals surface area (Å²) in [6.07, 6.45) is 9.97. The van der Waals surface area contributed by atoms with Gasteiger partial charge in [-0.2, -0.15) is 0 Å². The lowest BCUT2D eigenvalue weighted by atomic mass is 9.68. The number of allylic oxidation sites excluding steroid dienone is 1. The fraction of sp³-hybridized carbons (Fsp3) is 0.571. The molecule has 2 heterocycles. The lowest BCUT2D eigenvalue weighted by Gasteiger charge is -2.46. The number of carbonyl (C=O) groups excluding carboxylic acids is 1. The lowest BCUT2D eigenvalue weighted by molar-refractivity contribution is 0.0131. The van der Waals surface area contributed by atoms with Gasteiger partial charge < -0.3 is 14.4 Å². The highest BCUT2D eigenvalue weighted by Crippen LogP contribution is 2.47. The number of methoxy groups -OCH3 is 1. The minimum Gasteiger partial charge on any atom is -0.490 e. The summed E-state index contributed by atoms with van der Waals surface area (Å²) >= 11 is 6.42. The number of aryl methyl sites for hydroxylation is 1. The zero-order valence-electron chi connectivity index (χ0n) is 26.2. The second kappa shape index (κ2) is 12.3. The molecule has 1 saturated carbocycles. The number of anilines is 1. The van der Waals surface area contributed by atoms with Crippen molar-refractivity contribution in [1.29, 1.82) is 0 Å². The van der Waals surface area contributed by atoms with Crippen molar-refractivity contribution in [2.75, 3.05) is 31.7 Å². The zero-order valence-corrected chi connectivity index (χ0v) is 27.8. The zero-order chi connectivity index (χ0) is 31.2. The number of carbonyl (C=O) groups is 1. The highest BCUT2D eigenvalue weighted by atomic mass is 35.5. The molecule has 4 aliphatic rings. The van der Waals surface area contributed by atoms with E-state index in [1.807, 2.05) is 39.0 Å². The second-order valence-corrected chi connectivity index (χ2v) is 16.1. The molecule has 2 bridgehead atoms. The van der Waals surface area contributed by atoms with Crippen molar-refractivity contribution in [1.82, 2.24) is 4.72 Å². The van der Waals surface area contributed by atoms with Crippen LogP contribution in [0.25, 0.3) is 0 Å². The fourth-order valence-corrected chi connectivity index (χ4v) is 10.5. The molecule has 7 nitrogen and oxygen atoms in total. The van der Waals surface area contributed by atoms with Gasteiger partial charge in [-0.1, -0.05) is 50.6 Å². The largest absolute Gasteiger partial charge is 0.490 e. The third-order valence-corrected chi connectivity index (χ3v) is 13.0. The van der Waals surface area contributed by atoms with Crippen LogP contribution in [0.5, 0.6) is 5.75 Å². The Morgan fingerprint density at radius 3 is 2.70 bits per heavy atom. The first-order valence-electron chi connectivity index (χ1n) is 16.1. The number of ether oxygens (including phenoxy) is 2. The number of amides is 1. The van der Waals surface area contributed by atoms with Crippen LogP contribution in [-0.4, -0.2) is 52.5 Å². The Hall–Kier alpha value is -2.55. The van der Waals surface area contributed by atoms with Gasteiger partial charge in [-0.15, -0.1) is 0 Å². The topological polar surface area (TPSA) is 84.9 Å². The van der Waals surface area contributed by atoms with E-state index in [0.717, 1.165) is 61.7 Å². The van der Waals surface area contributed by atoms with Crippen LogP contribution in [0.15, 0.2) is 48.6 Å². The molecule has 6 atom stereocenters. The molecule has 238 valence electrons. The van der Waals surface area contributed by atoms with Crippen LogP contribution in [0, 0.1) is 23.7 Å². The van der Waals surface area contributed by atoms with Crippen molar-refractivity contribution in [2.45, 2.75) is 76.1 Å². The van der Waals surface area contributed by atoms with Crippen molar-refractivity contribution < 1.29 is 22.7 Å². The molecule has 1 fully saturated rings. The van der Waals surface area contributed by atoms with Gasteiger partial charge in [-0.25, -0.2) is 13.1 Å². The number of halogens is 1. The number of benzene rings is 2. The Morgan fingerprint density at radius 2 is 1.98 bits per heavy atom. The van der Waals surface area contributed by atoms with Gasteiger partial charge in [-0.3, -0.25) is 4.79 Å². The first-order chi connectivity index (χ1) is 21.0. The summed E-state index contributed by atoms with van der Waals surface area (Å²) in [6, 6.07) is 11.6.